The Morgan fingerprint density at radius 2 is 2.20 bits per heavy atom. The monoisotopic (exact) mass is 406 g/mol. The molecule has 0 aliphatic heterocycles. The van der Waals surface area contributed by atoms with Crippen LogP contribution in [0.5, 0.6) is 0 Å². The lowest BCUT2D eigenvalue weighted by Crippen LogP contribution is -2.21. The van der Waals surface area contributed by atoms with E-state index in [0.717, 1.165) is 29.4 Å². The highest BCUT2D eigenvalue weighted by Gasteiger charge is 2.29. The van der Waals surface area contributed by atoms with E-state index in [0.29, 0.717) is 29.1 Å². The van der Waals surface area contributed by atoms with Gasteiger partial charge in [0.2, 0.25) is 0 Å². The number of benzene rings is 1. The molecule has 5 rings (SSSR count). The van der Waals surface area contributed by atoms with E-state index < -0.39 is 6.43 Å². The largest absolute Gasteiger partial charge is 0.442 e. The van der Waals surface area contributed by atoms with Gasteiger partial charge in [-0.05, 0) is 43.0 Å². The molecular weight excluding hydrogens is 390 g/mol. The molecule has 1 aliphatic rings. The molecule has 1 atom stereocenters. The van der Waals surface area contributed by atoms with Crippen LogP contribution in [0.1, 0.15) is 47.7 Å². The molecule has 0 saturated carbocycles. The Morgan fingerprint density at radius 1 is 1.30 bits per heavy atom. The summed E-state index contributed by atoms with van der Waals surface area (Å²) in [6, 6.07) is 7.34. The van der Waals surface area contributed by atoms with Crippen LogP contribution in [0.4, 0.5) is 14.5 Å². The topological polar surface area (TPSA) is 103 Å². The average molecular weight is 406 g/mol. The van der Waals surface area contributed by atoms with E-state index in [1.54, 1.807) is 6.20 Å². The minimum absolute atomic E-state index is 0.0547. The van der Waals surface area contributed by atoms with Gasteiger partial charge in [0.05, 0.1) is 29.0 Å². The van der Waals surface area contributed by atoms with Gasteiger partial charge in [-0.3, -0.25) is 10.1 Å². The van der Waals surface area contributed by atoms with Crippen molar-refractivity contribution in [2.45, 2.75) is 31.7 Å². The van der Waals surface area contributed by atoms with E-state index in [-0.39, 0.29) is 17.2 Å². The van der Waals surface area contributed by atoms with Crippen molar-refractivity contribution in [3.63, 3.8) is 0 Å². The zero-order chi connectivity index (χ0) is 20.7. The average Bonchev–Trinajstić information content (AvgIpc) is 3.42. The molecule has 2 N–H and O–H groups in total. The molecule has 0 unspecified atom stereocenters. The number of pyridine rings is 1. The van der Waals surface area contributed by atoms with Gasteiger partial charge >= 0.3 is 0 Å². The molecule has 1 aromatic carbocycles. The van der Waals surface area contributed by atoms with Gasteiger partial charge in [0.25, 0.3) is 6.43 Å². The first-order valence-electron chi connectivity index (χ1n) is 9.49. The number of halogens is 2. The third kappa shape index (κ3) is 2.97. The highest BCUT2D eigenvalue weighted by atomic mass is 19.3. The Balaban J connectivity index is 1.52. The number of nitrogens with zero attached hydrogens (tertiary/aromatic N) is 4. The van der Waals surface area contributed by atoms with E-state index in [2.05, 4.69) is 25.5 Å². The zero-order valence-corrected chi connectivity index (χ0v) is 15.7. The SMILES string of the molecule is N#Cc1cnc2c(c1C(F)F)CCC[C@@H]2Nc1ccc2[nH]nc(-c3cnco3)c2c1. The van der Waals surface area contributed by atoms with Gasteiger partial charge in [0.15, 0.2) is 12.2 Å². The van der Waals surface area contributed by atoms with Gasteiger partial charge in [-0.15, -0.1) is 0 Å². The number of oxazole rings is 1. The molecule has 0 saturated heterocycles. The van der Waals surface area contributed by atoms with Gasteiger partial charge in [0.1, 0.15) is 11.8 Å². The Labute approximate surface area is 169 Å². The second-order valence-electron chi connectivity index (χ2n) is 7.15. The van der Waals surface area contributed by atoms with Crippen LogP contribution in [0.15, 0.2) is 41.4 Å². The van der Waals surface area contributed by atoms with Crippen molar-refractivity contribution in [3.05, 3.63) is 59.4 Å². The number of aromatic amines is 1. The lowest BCUT2D eigenvalue weighted by Gasteiger charge is -2.28. The molecule has 150 valence electrons. The minimum atomic E-state index is -2.71. The predicted octanol–water partition coefficient (Wildman–Crippen LogP) is 4.91. The summed E-state index contributed by atoms with van der Waals surface area (Å²) in [6.07, 6.45) is 3.47. The number of alkyl halides is 2. The summed E-state index contributed by atoms with van der Waals surface area (Å²) in [6.45, 7) is 0. The maximum Gasteiger partial charge on any atom is 0.265 e. The van der Waals surface area contributed by atoms with Crippen LogP contribution >= 0.6 is 0 Å². The maximum atomic E-state index is 13.7. The molecule has 3 aromatic heterocycles. The highest BCUT2D eigenvalue weighted by molar-refractivity contribution is 5.93. The van der Waals surface area contributed by atoms with Crippen molar-refractivity contribution >= 4 is 16.6 Å². The standard InChI is InChI=1S/C21H16F2N6O/c22-21(23)18-11(7-24)8-26-19-13(18)2-1-3-16(19)27-12-4-5-15-14(6-12)20(29-28-15)17-9-25-10-30-17/h4-6,8-10,16,21,27H,1-3H2,(H,28,29)/t16-/m0/s1. The van der Waals surface area contributed by atoms with Crippen LogP contribution in [0.25, 0.3) is 22.4 Å². The minimum Gasteiger partial charge on any atom is -0.442 e. The molecule has 0 radical (unpaired) electrons. The molecule has 1 aliphatic carbocycles. The number of hydrogen-bond acceptors (Lipinski definition) is 6. The van der Waals surface area contributed by atoms with E-state index in [1.807, 2.05) is 24.3 Å². The van der Waals surface area contributed by atoms with Crippen molar-refractivity contribution in [2.24, 2.45) is 0 Å². The number of fused-ring (bicyclic) bond motifs is 2. The molecule has 3 heterocycles. The second kappa shape index (κ2) is 7.22. The van der Waals surface area contributed by atoms with Gasteiger partial charge in [-0.1, -0.05) is 0 Å². The smallest absolute Gasteiger partial charge is 0.265 e. The molecule has 9 heteroatoms. The lowest BCUT2D eigenvalue weighted by molar-refractivity contribution is 0.149. The van der Waals surface area contributed by atoms with Gasteiger partial charge in [-0.2, -0.15) is 10.4 Å². The fraction of sp³-hybridized carbons (Fsp3) is 0.238. The van der Waals surface area contributed by atoms with Crippen molar-refractivity contribution in [3.8, 4) is 17.5 Å². The molecule has 0 amide bonds. The Bertz CT molecular complexity index is 1260. The summed E-state index contributed by atoms with van der Waals surface area (Å²) in [5, 5.41) is 20.7. The second-order valence-corrected chi connectivity index (χ2v) is 7.15. The van der Waals surface area contributed by atoms with Crippen LogP contribution in [-0.2, 0) is 6.42 Å². The summed E-state index contributed by atoms with van der Waals surface area (Å²) in [7, 11) is 0. The number of aromatic nitrogens is 4. The molecule has 4 aromatic rings. The number of nitriles is 1. The Morgan fingerprint density at radius 3 is 2.97 bits per heavy atom. The van der Waals surface area contributed by atoms with E-state index >= 15 is 0 Å². The Hall–Kier alpha value is -3.80. The van der Waals surface area contributed by atoms with Crippen LogP contribution in [0.3, 0.4) is 0 Å². The van der Waals surface area contributed by atoms with Crippen LogP contribution in [-0.4, -0.2) is 20.2 Å². The molecular formula is C21H16F2N6O. The first-order chi connectivity index (χ1) is 14.7. The molecule has 30 heavy (non-hydrogen) atoms. The summed E-state index contributed by atoms with van der Waals surface area (Å²) in [4.78, 5) is 8.30. The van der Waals surface area contributed by atoms with Gasteiger partial charge in [-0.25, -0.2) is 13.8 Å². The predicted molar refractivity (Wildman–Crippen MR) is 105 cm³/mol. The third-order valence-electron chi connectivity index (χ3n) is 5.41. The van der Waals surface area contributed by atoms with Crippen molar-refractivity contribution < 1.29 is 13.2 Å². The summed E-state index contributed by atoms with van der Waals surface area (Å²) < 4.78 is 32.7. The van der Waals surface area contributed by atoms with Crippen LogP contribution < -0.4 is 5.32 Å². The molecule has 0 fully saturated rings. The summed E-state index contributed by atoms with van der Waals surface area (Å²) in [5.74, 6) is 0.550. The number of nitrogens with one attached hydrogen (secondary N) is 2. The van der Waals surface area contributed by atoms with E-state index in [4.69, 9.17) is 4.42 Å². The number of rotatable bonds is 4. The maximum absolute atomic E-state index is 13.7. The van der Waals surface area contributed by atoms with Gasteiger partial charge < -0.3 is 9.73 Å². The fourth-order valence-corrected chi connectivity index (χ4v) is 4.07. The van der Waals surface area contributed by atoms with Gasteiger partial charge in [0, 0.05) is 22.8 Å². The fourth-order valence-electron chi connectivity index (χ4n) is 4.07. The lowest BCUT2D eigenvalue weighted by atomic mass is 9.87. The summed E-state index contributed by atoms with van der Waals surface area (Å²) in [5.41, 5.74) is 3.12. The van der Waals surface area contributed by atoms with Crippen molar-refractivity contribution in [1.82, 2.24) is 20.2 Å². The normalized spacial score (nSPS) is 15.9. The first kappa shape index (κ1) is 18.2. The van der Waals surface area contributed by atoms with E-state index in [1.165, 1.54) is 12.6 Å². The van der Waals surface area contributed by atoms with Crippen molar-refractivity contribution in [1.29, 1.82) is 5.26 Å². The first-order valence-corrected chi connectivity index (χ1v) is 9.49. The zero-order valence-electron chi connectivity index (χ0n) is 15.7. The summed E-state index contributed by atoms with van der Waals surface area (Å²) >= 11 is 0. The molecule has 0 bridgehead atoms. The third-order valence-corrected chi connectivity index (χ3v) is 5.41. The number of anilines is 1. The van der Waals surface area contributed by atoms with E-state index in [9.17, 15) is 14.0 Å². The molecule has 7 nitrogen and oxygen atoms in total. The van der Waals surface area contributed by atoms with Crippen LogP contribution in [0, 0.1) is 11.3 Å². The van der Waals surface area contributed by atoms with Crippen LogP contribution in [0.2, 0.25) is 0 Å². The number of H-pyrrole nitrogens is 1. The highest BCUT2D eigenvalue weighted by Crippen LogP contribution is 2.38. The number of hydrogen-bond donors (Lipinski definition) is 2. The molecule has 0 spiro atoms. The van der Waals surface area contributed by atoms with Crippen molar-refractivity contribution in [2.75, 3.05) is 5.32 Å². The quantitative estimate of drug-likeness (QED) is 0.499. The Kier molecular flexibility index (Phi) is 4.39.